The van der Waals surface area contributed by atoms with E-state index in [-0.39, 0.29) is 0 Å². The van der Waals surface area contributed by atoms with Gasteiger partial charge in [-0.15, -0.1) is 0 Å². The highest BCUT2D eigenvalue weighted by Gasteiger charge is 2.14. The van der Waals surface area contributed by atoms with Crippen molar-refractivity contribution in [1.29, 1.82) is 0 Å². The number of hydrogen-bond acceptors (Lipinski definition) is 4. The van der Waals surface area contributed by atoms with Gasteiger partial charge in [-0.3, -0.25) is 9.99 Å². The molecule has 4 heteroatoms. The predicted molar refractivity (Wildman–Crippen MR) is 69.5 cm³/mol. The van der Waals surface area contributed by atoms with E-state index in [2.05, 4.69) is 36.1 Å². The van der Waals surface area contributed by atoms with E-state index in [1.165, 1.54) is 5.56 Å². The summed E-state index contributed by atoms with van der Waals surface area (Å²) in [6.07, 6.45) is 3.06. The zero-order valence-corrected chi connectivity index (χ0v) is 10.8. The number of pyridine rings is 1. The molecule has 1 aromatic rings. The molecule has 0 fully saturated rings. The van der Waals surface area contributed by atoms with E-state index in [0.29, 0.717) is 5.92 Å². The molecule has 0 saturated carbocycles. The molecule has 0 N–H and O–H groups in total. The Morgan fingerprint density at radius 2 is 2.25 bits per heavy atom. The topological polar surface area (TPSA) is 28.5 Å². The fourth-order valence-electron chi connectivity index (χ4n) is 1.64. The lowest BCUT2D eigenvalue weighted by molar-refractivity contribution is 0.429. The Hall–Kier alpha value is -1.03. The van der Waals surface area contributed by atoms with E-state index in [1.807, 2.05) is 18.3 Å². The fourth-order valence-corrected chi connectivity index (χ4v) is 2.47. The maximum absolute atomic E-state index is 4.47. The van der Waals surface area contributed by atoms with Crippen molar-refractivity contribution in [2.45, 2.75) is 20.3 Å². The van der Waals surface area contributed by atoms with Crippen LogP contribution in [0.5, 0.6) is 0 Å². The molecule has 0 radical (unpaired) electrons. The van der Waals surface area contributed by atoms with Gasteiger partial charge in [0.05, 0.1) is 11.6 Å². The van der Waals surface area contributed by atoms with Crippen molar-refractivity contribution < 1.29 is 0 Å². The number of thioether (sulfide) groups is 1. The highest BCUT2D eigenvalue weighted by atomic mass is 32.2. The van der Waals surface area contributed by atoms with Crippen LogP contribution in [0.15, 0.2) is 23.4 Å². The second kappa shape index (κ2) is 4.87. The molecule has 0 spiro atoms. The van der Waals surface area contributed by atoms with E-state index in [0.717, 1.165) is 23.0 Å². The summed E-state index contributed by atoms with van der Waals surface area (Å²) in [6, 6.07) is 4.23. The van der Waals surface area contributed by atoms with Crippen molar-refractivity contribution >= 4 is 16.8 Å². The first kappa shape index (κ1) is 11.5. The molecule has 0 amide bonds. The van der Waals surface area contributed by atoms with Crippen LogP contribution in [-0.2, 0) is 6.42 Å². The summed E-state index contributed by atoms with van der Waals surface area (Å²) < 4.78 is 0. The molecule has 2 rings (SSSR count). The minimum absolute atomic E-state index is 0.678. The molecule has 2 heterocycles. The van der Waals surface area contributed by atoms with Crippen molar-refractivity contribution in [1.82, 2.24) is 9.99 Å². The molecule has 0 saturated heterocycles. The van der Waals surface area contributed by atoms with Crippen molar-refractivity contribution in [3.63, 3.8) is 0 Å². The Morgan fingerprint density at radius 1 is 1.44 bits per heavy atom. The maximum atomic E-state index is 4.47. The van der Waals surface area contributed by atoms with E-state index < -0.39 is 0 Å². The largest absolute Gasteiger partial charge is 0.289 e. The Labute approximate surface area is 101 Å². The summed E-state index contributed by atoms with van der Waals surface area (Å²) in [5.41, 5.74) is 2.29. The monoisotopic (exact) mass is 235 g/mol. The molecule has 1 aliphatic heterocycles. The molecule has 0 atom stereocenters. The summed E-state index contributed by atoms with van der Waals surface area (Å²) in [4.78, 5) is 4.47. The number of hydrazone groups is 1. The second-order valence-corrected chi connectivity index (χ2v) is 5.42. The Bertz CT molecular complexity index is 384. The second-order valence-electron chi connectivity index (χ2n) is 4.49. The van der Waals surface area contributed by atoms with Gasteiger partial charge in [0.25, 0.3) is 0 Å². The molecule has 3 nitrogen and oxygen atoms in total. The zero-order valence-electron chi connectivity index (χ0n) is 9.97. The molecule has 1 aromatic heterocycles. The summed E-state index contributed by atoms with van der Waals surface area (Å²) in [5.74, 6) is 1.60. The lowest BCUT2D eigenvalue weighted by Gasteiger charge is -2.05. The van der Waals surface area contributed by atoms with E-state index >= 15 is 0 Å². The Morgan fingerprint density at radius 3 is 2.75 bits per heavy atom. The zero-order chi connectivity index (χ0) is 11.5. The maximum Gasteiger partial charge on any atom is 0.144 e. The normalized spacial score (nSPS) is 15.8. The van der Waals surface area contributed by atoms with Gasteiger partial charge in [-0.1, -0.05) is 31.7 Å². The third kappa shape index (κ3) is 2.76. The van der Waals surface area contributed by atoms with Crippen molar-refractivity contribution in [2.75, 3.05) is 12.9 Å². The van der Waals surface area contributed by atoms with Gasteiger partial charge < -0.3 is 0 Å². The van der Waals surface area contributed by atoms with Crippen LogP contribution in [-0.4, -0.2) is 28.0 Å². The van der Waals surface area contributed by atoms with Crippen molar-refractivity contribution in [2.24, 2.45) is 11.0 Å². The predicted octanol–water partition coefficient (Wildman–Crippen LogP) is 2.58. The summed E-state index contributed by atoms with van der Waals surface area (Å²) in [6.45, 7) is 4.44. The Balaban J connectivity index is 2.10. The van der Waals surface area contributed by atoms with Crippen LogP contribution < -0.4 is 0 Å². The highest BCUT2D eigenvalue weighted by molar-refractivity contribution is 8.14. The standard InChI is InChI=1S/C12H17N3S/c1-9(2)6-10-4-5-11(13-7-10)12-14-15(3)8-16-12/h4-5,7,9H,6,8H2,1-3H3. The molecule has 0 unspecified atom stereocenters. The first-order valence-electron chi connectivity index (χ1n) is 5.53. The van der Waals surface area contributed by atoms with Crippen LogP contribution in [0.25, 0.3) is 0 Å². The average Bonchev–Trinajstić information content (AvgIpc) is 2.65. The first-order valence-corrected chi connectivity index (χ1v) is 6.51. The molecule has 1 aliphatic rings. The van der Waals surface area contributed by atoms with E-state index in [4.69, 9.17) is 0 Å². The van der Waals surface area contributed by atoms with E-state index in [9.17, 15) is 0 Å². The average molecular weight is 235 g/mol. The Kier molecular flexibility index (Phi) is 3.49. The summed E-state index contributed by atoms with van der Waals surface area (Å²) >= 11 is 1.74. The fraction of sp³-hybridized carbons (Fsp3) is 0.500. The van der Waals surface area contributed by atoms with Crippen molar-refractivity contribution in [3.05, 3.63) is 29.6 Å². The van der Waals surface area contributed by atoms with Crippen molar-refractivity contribution in [3.8, 4) is 0 Å². The van der Waals surface area contributed by atoms with Gasteiger partial charge in [0.15, 0.2) is 0 Å². The molecule has 0 bridgehead atoms. The van der Waals surface area contributed by atoms with Crippen LogP contribution in [0.4, 0.5) is 0 Å². The first-order chi connectivity index (χ1) is 7.65. The minimum Gasteiger partial charge on any atom is -0.289 e. The molecule has 0 aromatic carbocycles. The molecule has 16 heavy (non-hydrogen) atoms. The van der Waals surface area contributed by atoms with Gasteiger partial charge in [0.2, 0.25) is 0 Å². The van der Waals surface area contributed by atoms with Crippen LogP contribution in [0, 0.1) is 5.92 Å². The SMILES string of the molecule is CC(C)Cc1ccc(C2=NN(C)CS2)nc1. The number of hydrogen-bond donors (Lipinski definition) is 0. The molecular weight excluding hydrogens is 218 g/mol. The van der Waals surface area contributed by atoms with Gasteiger partial charge in [0.1, 0.15) is 5.04 Å². The van der Waals surface area contributed by atoms with Crippen LogP contribution in [0.2, 0.25) is 0 Å². The summed E-state index contributed by atoms with van der Waals surface area (Å²) in [5, 5.41) is 7.36. The highest BCUT2D eigenvalue weighted by Crippen LogP contribution is 2.20. The van der Waals surface area contributed by atoms with Gasteiger partial charge in [-0.2, -0.15) is 5.10 Å². The summed E-state index contributed by atoms with van der Waals surface area (Å²) in [7, 11) is 1.98. The molecule has 86 valence electrons. The molecular formula is C12H17N3S. The number of nitrogens with zero attached hydrogens (tertiary/aromatic N) is 3. The van der Waals surface area contributed by atoms with Crippen LogP contribution in [0.1, 0.15) is 25.1 Å². The van der Waals surface area contributed by atoms with Gasteiger partial charge in [-0.05, 0) is 24.0 Å². The third-order valence-electron chi connectivity index (χ3n) is 2.34. The minimum atomic E-state index is 0.678. The lowest BCUT2D eigenvalue weighted by atomic mass is 10.0. The number of aromatic nitrogens is 1. The van der Waals surface area contributed by atoms with Crippen LogP contribution in [0.3, 0.4) is 0 Å². The lowest BCUT2D eigenvalue weighted by Crippen LogP contribution is -2.03. The van der Waals surface area contributed by atoms with Gasteiger partial charge in [-0.25, -0.2) is 0 Å². The number of rotatable bonds is 3. The van der Waals surface area contributed by atoms with Crippen LogP contribution >= 0.6 is 11.8 Å². The van der Waals surface area contributed by atoms with Gasteiger partial charge >= 0.3 is 0 Å². The molecule has 0 aliphatic carbocycles. The third-order valence-corrected chi connectivity index (χ3v) is 3.40. The quantitative estimate of drug-likeness (QED) is 0.806. The van der Waals surface area contributed by atoms with E-state index in [1.54, 1.807) is 11.8 Å². The van der Waals surface area contributed by atoms with Gasteiger partial charge in [0, 0.05) is 13.2 Å². The smallest absolute Gasteiger partial charge is 0.144 e.